The number of nitrogens with one attached hydrogen (secondary N) is 1. The van der Waals surface area contributed by atoms with Gasteiger partial charge < -0.3 is 10.2 Å². The maximum atomic E-state index is 4.37. The highest BCUT2D eigenvalue weighted by atomic mass is 15.2. The Kier molecular flexibility index (Phi) is 3.06. The van der Waals surface area contributed by atoms with E-state index in [2.05, 4.69) is 15.3 Å². The molecule has 1 aromatic heterocycles. The third kappa shape index (κ3) is 2.31. The molecule has 1 heterocycles. The predicted octanol–water partition coefficient (Wildman–Crippen LogP) is 1.28. The van der Waals surface area contributed by atoms with Crippen LogP contribution in [0.15, 0.2) is 6.20 Å². The lowest BCUT2D eigenvalue weighted by atomic mass is 10.3. The van der Waals surface area contributed by atoms with E-state index < -0.39 is 0 Å². The van der Waals surface area contributed by atoms with Crippen LogP contribution in [0.4, 0.5) is 11.8 Å². The van der Waals surface area contributed by atoms with Crippen LogP contribution in [0.3, 0.4) is 0 Å². The van der Waals surface area contributed by atoms with Crippen LogP contribution in [0.2, 0.25) is 0 Å². The van der Waals surface area contributed by atoms with E-state index in [-0.39, 0.29) is 0 Å². The van der Waals surface area contributed by atoms with Gasteiger partial charge in [0.25, 0.3) is 0 Å². The van der Waals surface area contributed by atoms with E-state index in [0.29, 0.717) is 5.95 Å². The number of aryl methyl sites for hydroxylation is 1. The van der Waals surface area contributed by atoms with Gasteiger partial charge in [0.15, 0.2) is 0 Å². The quantitative estimate of drug-likeness (QED) is 0.760. The van der Waals surface area contributed by atoms with Crippen LogP contribution in [0.25, 0.3) is 0 Å². The maximum absolute atomic E-state index is 4.37. The number of hydrogen-bond donors (Lipinski definition) is 1. The number of rotatable bonds is 3. The van der Waals surface area contributed by atoms with E-state index in [1.165, 1.54) is 0 Å². The summed E-state index contributed by atoms with van der Waals surface area (Å²) < 4.78 is 0. The molecule has 0 fully saturated rings. The normalized spacial score (nSPS) is 9.85. The summed E-state index contributed by atoms with van der Waals surface area (Å²) in [5.74, 6) is 1.66. The first-order valence-electron chi connectivity index (χ1n) is 4.40. The first kappa shape index (κ1) is 9.77. The molecular weight excluding hydrogens is 164 g/mol. The standard InChI is InChI=1S/C9H16N4/c1-5-10-9-11-6-7(2)8(12-9)13(3)4/h6H,5H2,1-4H3,(H,10,11,12). The molecule has 1 N–H and O–H groups in total. The van der Waals surface area contributed by atoms with Crippen molar-refractivity contribution in [3.8, 4) is 0 Å². The summed E-state index contributed by atoms with van der Waals surface area (Å²) in [5.41, 5.74) is 1.09. The van der Waals surface area contributed by atoms with Crippen LogP contribution in [0.1, 0.15) is 12.5 Å². The van der Waals surface area contributed by atoms with E-state index in [1.807, 2.05) is 39.0 Å². The first-order chi connectivity index (χ1) is 6.15. The fourth-order valence-corrected chi connectivity index (χ4v) is 1.13. The molecular formula is C9H16N4. The molecule has 0 aliphatic heterocycles. The van der Waals surface area contributed by atoms with Crippen LogP contribution in [-0.4, -0.2) is 30.6 Å². The number of nitrogens with zero attached hydrogens (tertiary/aromatic N) is 3. The summed E-state index contributed by atoms with van der Waals surface area (Å²) in [5, 5.41) is 3.08. The highest BCUT2D eigenvalue weighted by Crippen LogP contribution is 2.14. The fourth-order valence-electron chi connectivity index (χ4n) is 1.13. The minimum Gasteiger partial charge on any atom is -0.362 e. The molecule has 0 radical (unpaired) electrons. The van der Waals surface area contributed by atoms with Crippen LogP contribution in [0, 0.1) is 6.92 Å². The molecule has 0 aromatic carbocycles. The lowest BCUT2D eigenvalue weighted by Gasteiger charge is -2.14. The summed E-state index contributed by atoms with van der Waals surface area (Å²) >= 11 is 0. The smallest absolute Gasteiger partial charge is 0.224 e. The molecule has 0 atom stereocenters. The molecule has 72 valence electrons. The van der Waals surface area contributed by atoms with Crippen LogP contribution < -0.4 is 10.2 Å². The van der Waals surface area contributed by atoms with Gasteiger partial charge in [0, 0.05) is 32.4 Å². The van der Waals surface area contributed by atoms with Crippen molar-refractivity contribution in [1.29, 1.82) is 0 Å². The Labute approximate surface area is 79.0 Å². The van der Waals surface area contributed by atoms with Gasteiger partial charge in [-0.15, -0.1) is 0 Å². The van der Waals surface area contributed by atoms with Crippen LogP contribution in [0.5, 0.6) is 0 Å². The molecule has 0 saturated heterocycles. The molecule has 0 saturated carbocycles. The molecule has 4 nitrogen and oxygen atoms in total. The van der Waals surface area contributed by atoms with Gasteiger partial charge in [-0.25, -0.2) is 4.98 Å². The van der Waals surface area contributed by atoms with Gasteiger partial charge in [0.05, 0.1) is 0 Å². The Hall–Kier alpha value is -1.32. The van der Waals surface area contributed by atoms with Crippen molar-refractivity contribution < 1.29 is 0 Å². The highest BCUT2D eigenvalue weighted by molar-refractivity contribution is 5.47. The molecule has 0 spiro atoms. The second kappa shape index (κ2) is 4.07. The van der Waals surface area contributed by atoms with Gasteiger partial charge in [-0.2, -0.15) is 4.98 Å². The van der Waals surface area contributed by atoms with Crippen molar-refractivity contribution in [3.05, 3.63) is 11.8 Å². The van der Waals surface area contributed by atoms with Crippen molar-refractivity contribution >= 4 is 11.8 Å². The summed E-state index contributed by atoms with van der Waals surface area (Å²) in [6.45, 7) is 4.87. The molecule has 0 aliphatic rings. The zero-order valence-electron chi connectivity index (χ0n) is 8.63. The largest absolute Gasteiger partial charge is 0.362 e. The summed E-state index contributed by atoms with van der Waals surface area (Å²) in [6.07, 6.45) is 1.83. The first-order valence-corrected chi connectivity index (χ1v) is 4.40. The van der Waals surface area contributed by atoms with Crippen molar-refractivity contribution in [2.75, 3.05) is 30.9 Å². The topological polar surface area (TPSA) is 41.1 Å². The molecule has 13 heavy (non-hydrogen) atoms. The second-order valence-electron chi connectivity index (χ2n) is 3.12. The fraction of sp³-hybridized carbons (Fsp3) is 0.556. The third-order valence-electron chi connectivity index (χ3n) is 1.70. The van der Waals surface area contributed by atoms with Gasteiger partial charge in [-0.1, -0.05) is 0 Å². The lowest BCUT2D eigenvalue weighted by molar-refractivity contribution is 1.000. The Morgan fingerprint density at radius 3 is 2.69 bits per heavy atom. The average molecular weight is 180 g/mol. The molecule has 0 unspecified atom stereocenters. The molecule has 0 amide bonds. The van der Waals surface area contributed by atoms with Crippen LogP contribution >= 0.6 is 0 Å². The van der Waals surface area contributed by atoms with Gasteiger partial charge >= 0.3 is 0 Å². The zero-order chi connectivity index (χ0) is 9.84. The predicted molar refractivity (Wildman–Crippen MR) is 55.3 cm³/mol. The Morgan fingerprint density at radius 2 is 2.15 bits per heavy atom. The van der Waals surface area contributed by atoms with E-state index in [9.17, 15) is 0 Å². The number of anilines is 2. The Morgan fingerprint density at radius 1 is 1.46 bits per heavy atom. The zero-order valence-corrected chi connectivity index (χ0v) is 8.63. The molecule has 1 rings (SSSR count). The number of hydrogen-bond acceptors (Lipinski definition) is 4. The van der Waals surface area contributed by atoms with Crippen LogP contribution in [-0.2, 0) is 0 Å². The summed E-state index contributed by atoms with van der Waals surface area (Å²) in [7, 11) is 3.95. The highest BCUT2D eigenvalue weighted by Gasteiger charge is 2.03. The Balaban J connectivity index is 2.97. The van der Waals surface area contributed by atoms with E-state index in [4.69, 9.17) is 0 Å². The minimum atomic E-state index is 0.691. The summed E-state index contributed by atoms with van der Waals surface area (Å²) in [4.78, 5) is 10.5. The second-order valence-corrected chi connectivity index (χ2v) is 3.12. The van der Waals surface area contributed by atoms with Crippen molar-refractivity contribution in [2.24, 2.45) is 0 Å². The monoisotopic (exact) mass is 180 g/mol. The van der Waals surface area contributed by atoms with Crippen molar-refractivity contribution in [3.63, 3.8) is 0 Å². The number of aromatic nitrogens is 2. The minimum absolute atomic E-state index is 0.691. The molecule has 1 aromatic rings. The molecule has 4 heteroatoms. The van der Waals surface area contributed by atoms with E-state index in [0.717, 1.165) is 17.9 Å². The summed E-state index contributed by atoms with van der Waals surface area (Å²) in [6, 6.07) is 0. The van der Waals surface area contributed by atoms with Gasteiger partial charge in [-0.3, -0.25) is 0 Å². The maximum Gasteiger partial charge on any atom is 0.224 e. The van der Waals surface area contributed by atoms with Gasteiger partial charge in [-0.05, 0) is 13.8 Å². The van der Waals surface area contributed by atoms with Gasteiger partial charge in [0.1, 0.15) is 5.82 Å². The SMILES string of the molecule is CCNc1ncc(C)c(N(C)C)n1. The average Bonchev–Trinajstić information content (AvgIpc) is 2.08. The molecule has 0 aliphatic carbocycles. The van der Waals surface area contributed by atoms with E-state index in [1.54, 1.807) is 0 Å². The Bertz CT molecular complexity index is 283. The lowest BCUT2D eigenvalue weighted by Crippen LogP contribution is -2.14. The van der Waals surface area contributed by atoms with Gasteiger partial charge in [0.2, 0.25) is 5.95 Å². The van der Waals surface area contributed by atoms with E-state index >= 15 is 0 Å². The van der Waals surface area contributed by atoms with Crippen molar-refractivity contribution in [1.82, 2.24) is 9.97 Å². The third-order valence-corrected chi connectivity index (χ3v) is 1.70. The van der Waals surface area contributed by atoms with Crippen molar-refractivity contribution in [2.45, 2.75) is 13.8 Å². The molecule has 0 bridgehead atoms.